The van der Waals surface area contributed by atoms with Crippen molar-refractivity contribution in [3.8, 4) is 0 Å². The summed E-state index contributed by atoms with van der Waals surface area (Å²) in [7, 11) is 0. The zero-order valence-electron chi connectivity index (χ0n) is 10.7. The van der Waals surface area contributed by atoms with Crippen LogP contribution in [-0.4, -0.2) is 35.7 Å². The largest absolute Gasteiger partial charge is 0.356 e. The van der Waals surface area contributed by atoms with E-state index < -0.39 is 0 Å². The van der Waals surface area contributed by atoms with E-state index in [-0.39, 0.29) is 5.91 Å². The first-order valence-electron chi connectivity index (χ1n) is 6.50. The number of aromatic nitrogens is 2. The van der Waals surface area contributed by atoms with Gasteiger partial charge in [0.15, 0.2) is 5.82 Å². The summed E-state index contributed by atoms with van der Waals surface area (Å²) in [6.07, 6.45) is 3.44. The highest BCUT2D eigenvalue weighted by Crippen LogP contribution is 2.15. The number of hydrogen-bond acceptors (Lipinski definition) is 5. The van der Waals surface area contributed by atoms with Crippen LogP contribution in [0.1, 0.15) is 31.0 Å². The van der Waals surface area contributed by atoms with Crippen LogP contribution in [0.2, 0.25) is 0 Å². The average molecular weight is 252 g/mol. The number of nitrogens with zero attached hydrogens (tertiary/aromatic N) is 2. The van der Waals surface area contributed by atoms with Crippen LogP contribution in [0.3, 0.4) is 0 Å². The zero-order valence-corrected chi connectivity index (χ0v) is 10.7. The van der Waals surface area contributed by atoms with Crippen LogP contribution in [0.15, 0.2) is 4.52 Å². The maximum absolute atomic E-state index is 11.7. The van der Waals surface area contributed by atoms with Gasteiger partial charge in [0.05, 0.1) is 0 Å². The van der Waals surface area contributed by atoms with Crippen molar-refractivity contribution < 1.29 is 9.32 Å². The molecule has 0 spiro atoms. The summed E-state index contributed by atoms with van der Waals surface area (Å²) in [4.78, 5) is 15.8. The van der Waals surface area contributed by atoms with Crippen LogP contribution < -0.4 is 10.6 Å². The number of hydrogen-bond donors (Lipinski definition) is 2. The first-order chi connectivity index (χ1) is 8.74. The summed E-state index contributed by atoms with van der Waals surface area (Å²) in [5.41, 5.74) is 0. The molecule has 6 nitrogen and oxygen atoms in total. The highest BCUT2D eigenvalue weighted by molar-refractivity contribution is 5.76. The molecule has 0 unspecified atom stereocenters. The fourth-order valence-electron chi connectivity index (χ4n) is 2.18. The van der Waals surface area contributed by atoms with Gasteiger partial charge in [-0.1, -0.05) is 5.16 Å². The Morgan fingerprint density at radius 3 is 2.94 bits per heavy atom. The van der Waals surface area contributed by atoms with Crippen LogP contribution in [0.5, 0.6) is 0 Å². The van der Waals surface area contributed by atoms with E-state index >= 15 is 0 Å². The van der Waals surface area contributed by atoms with Gasteiger partial charge in [-0.25, -0.2) is 0 Å². The molecule has 6 heteroatoms. The Bertz CT molecular complexity index is 385. The van der Waals surface area contributed by atoms with Gasteiger partial charge in [-0.3, -0.25) is 4.79 Å². The molecule has 0 aliphatic carbocycles. The smallest absolute Gasteiger partial charge is 0.223 e. The van der Waals surface area contributed by atoms with Gasteiger partial charge in [0.25, 0.3) is 0 Å². The van der Waals surface area contributed by atoms with Gasteiger partial charge in [0.2, 0.25) is 11.8 Å². The molecule has 1 aliphatic heterocycles. The molecule has 1 aliphatic rings. The van der Waals surface area contributed by atoms with E-state index in [4.69, 9.17) is 4.52 Å². The van der Waals surface area contributed by atoms with Gasteiger partial charge < -0.3 is 15.2 Å². The molecule has 1 aromatic heterocycles. The van der Waals surface area contributed by atoms with E-state index in [1.807, 2.05) is 0 Å². The van der Waals surface area contributed by atoms with Crippen LogP contribution in [0.4, 0.5) is 0 Å². The second-order valence-corrected chi connectivity index (χ2v) is 4.73. The first-order valence-corrected chi connectivity index (χ1v) is 6.50. The molecular formula is C12H20N4O2. The molecule has 2 N–H and O–H groups in total. The maximum Gasteiger partial charge on any atom is 0.223 e. The number of amides is 1. The summed E-state index contributed by atoms with van der Waals surface area (Å²) in [6, 6.07) is 0. The molecule has 2 heterocycles. The second kappa shape index (κ2) is 6.49. The lowest BCUT2D eigenvalue weighted by Gasteiger charge is -2.21. The number of carbonyl (C=O) groups is 1. The van der Waals surface area contributed by atoms with Gasteiger partial charge in [0, 0.05) is 26.3 Å². The molecule has 0 radical (unpaired) electrons. The van der Waals surface area contributed by atoms with E-state index in [0.717, 1.165) is 25.9 Å². The number of piperidine rings is 1. The summed E-state index contributed by atoms with van der Waals surface area (Å²) in [5, 5.41) is 9.99. The normalized spacial score (nSPS) is 16.7. The quantitative estimate of drug-likeness (QED) is 0.794. The van der Waals surface area contributed by atoms with Gasteiger partial charge in [-0.05, 0) is 31.8 Å². The molecule has 1 amide bonds. The molecular weight excluding hydrogens is 232 g/mol. The monoisotopic (exact) mass is 252 g/mol. The van der Waals surface area contributed by atoms with Crippen LogP contribution in [0.25, 0.3) is 0 Å². The third-order valence-corrected chi connectivity index (χ3v) is 3.17. The van der Waals surface area contributed by atoms with Crippen molar-refractivity contribution in [2.24, 2.45) is 5.92 Å². The van der Waals surface area contributed by atoms with E-state index in [1.54, 1.807) is 6.92 Å². The Morgan fingerprint density at radius 1 is 1.50 bits per heavy atom. The molecule has 0 atom stereocenters. The van der Waals surface area contributed by atoms with Crippen LogP contribution >= 0.6 is 0 Å². The zero-order chi connectivity index (χ0) is 12.8. The number of rotatable bonds is 5. The van der Waals surface area contributed by atoms with E-state index in [1.165, 1.54) is 0 Å². The minimum atomic E-state index is 0.127. The topological polar surface area (TPSA) is 80.0 Å². The van der Waals surface area contributed by atoms with E-state index in [2.05, 4.69) is 20.8 Å². The molecule has 1 aromatic rings. The second-order valence-electron chi connectivity index (χ2n) is 4.73. The van der Waals surface area contributed by atoms with Crippen molar-refractivity contribution in [2.75, 3.05) is 19.6 Å². The minimum Gasteiger partial charge on any atom is -0.356 e. The van der Waals surface area contributed by atoms with Crippen molar-refractivity contribution in [3.05, 3.63) is 11.7 Å². The highest BCUT2D eigenvalue weighted by atomic mass is 16.5. The van der Waals surface area contributed by atoms with Crippen LogP contribution in [-0.2, 0) is 11.2 Å². The first kappa shape index (κ1) is 13.0. The fourth-order valence-corrected chi connectivity index (χ4v) is 2.18. The number of aryl methyl sites for hydroxylation is 1. The third-order valence-electron chi connectivity index (χ3n) is 3.17. The lowest BCUT2D eigenvalue weighted by molar-refractivity contribution is -0.122. The lowest BCUT2D eigenvalue weighted by Crippen LogP contribution is -2.33. The summed E-state index contributed by atoms with van der Waals surface area (Å²) >= 11 is 0. The van der Waals surface area contributed by atoms with Gasteiger partial charge in [-0.2, -0.15) is 4.98 Å². The van der Waals surface area contributed by atoms with E-state index in [0.29, 0.717) is 37.0 Å². The lowest BCUT2D eigenvalue weighted by atomic mass is 9.94. The Balaban J connectivity index is 1.62. The molecule has 100 valence electrons. The SMILES string of the molecule is Cc1nc(CCNC(=O)CC2CCNCC2)no1. The molecule has 2 rings (SSSR count). The van der Waals surface area contributed by atoms with Crippen molar-refractivity contribution in [3.63, 3.8) is 0 Å². The molecule has 1 fully saturated rings. The molecule has 18 heavy (non-hydrogen) atoms. The van der Waals surface area contributed by atoms with Crippen molar-refractivity contribution in [1.82, 2.24) is 20.8 Å². The van der Waals surface area contributed by atoms with Crippen molar-refractivity contribution >= 4 is 5.91 Å². The highest BCUT2D eigenvalue weighted by Gasteiger charge is 2.16. The van der Waals surface area contributed by atoms with Gasteiger partial charge in [-0.15, -0.1) is 0 Å². The predicted molar refractivity (Wildman–Crippen MR) is 66.0 cm³/mol. The summed E-state index contributed by atoms with van der Waals surface area (Å²) < 4.78 is 4.86. The Labute approximate surface area is 107 Å². The van der Waals surface area contributed by atoms with Crippen molar-refractivity contribution in [1.29, 1.82) is 0 Å². The molecule has 0 saturated carbocycles. The summed E-state index contributed by atoms with van der Waals surface area (Å²) in [5.74, 6) is 1.86. The Morgan fingerprint density at radius 2 is 2.28 bits per heavy atom. The maximum atomic E-state index is 11.7. The summed E-state index contributed by atoms with van der Waals surface area (Å²) in [6.45, 7) is 4.38. The third kappa shape index (κ3) is 4.10. The molecule has 1 saturated heterocycles. The fraction of sp³-hybridized carbons (Fsp3) is 0.750. The Hall–Kier alpha value is -1.43. The van der Waals surface area contributed by atoms with Crippen molar-refractivity contribution in [2.45, 2.75) is 32.6 Å². The van der Waals surface area contributed by atoms with Gasteiger partial charge >= 0.3 is 0 Å². The predicted octanol–water partition coefficient (Wildman–Crippen LogP) is 0.426. The Kier molecular flexibility index (Phi) is 4.69. The average Bonchev–Trinajstić information content (AvgIpc) is 2.76. The minimum absolute atomic E-state index is 0.127. The number of nitrogens with one attached hydrogen (secondary N) is 2. The molecule has 0 bridgehead atoms. The van der Waals surface area contributed by atoms with E-state index in [9.17, 15) is 4.79 Å². The van der Waals surface area contributed by atoms with Crippen LogP contribution in [0, 0.1) is 12.8 Å². The number of carbonyl (C=O) groups excluding carboxylic acids is 1. The molecule has 0 aromatic carbocycles. The van der Waals surface area contributed by atoms with Gasteiger partial charge in [0.1, 0.15) is 0 Å². The standard InChI is InChI=1S/C12H20N4O2/c1-9-15-11(16-18-9)4-7-14-12(17)8-10-2-5-13-6-3-10/h10,13H,2-8H2,1H3,(H,14,17).